The van der Waals surface area contributed by atoms with E-state index in [2.05, 4.69) is 52.8 Å². The molecule has 0 aliphatic carbocycles. The minimum atomic E-state index is 0.156. The van der Waals surface area contributed by atoms with Crippen LogP contribution in [0.4, 0.5) is 0 Å². The first-order valence-corrected chi connectivity index (χ1v) is 7.63. The van der Waals surface area contributed by atoms with Crippen molar-refractivity contribution >= 4 is 23.2 Å². The summed E-state index contributed by atoms with van der Waals surface area (Å²) in [6, 6.07) is 6.84. The molecule has 0 heterocycles. The highest BCUT2D eigenvalue weighted by molar-refractivity contribution is 6.18. The van der Waals surface area contributed by atoms with Gasteiger partial charge in [0.2, 0.25) is 0 Å². The molecule has 1 aromatic carbocycles. The van der Waals surface area contributed by atoms with Crippen molar-refractivity contribution < 1.29 is 0 Å². The molecule has 0 N–H and O–H groups in total. The Morgan fingerprint density at radius 2 is 1.28 bits per heavy atom. The van der Waals surface area contributed by atoms with Crippen LogP contribution in [-0.4, -0.2) is 11.8 Å². The van der Waals surface area contributed by atoms with E-state index in [1.54, 1.807) is 0 Å². The summed E-state index contributed by atoms with van der Waals surface area (Å²) in [6.45, 7) is 11.1. The van der Waals surface area contributed by atoms with Gasteiger partial charge in [0.15, 0.2) is 0 Å². The molecule has 0 aromatic heterocycles. The monoisotopic (exact) mass is 286 g/mol. The predicted molar refractivity (Wildman–Crippen MR) is 83.4 cm³/mol. The summed E-state index contributed by atoms with van der Waals surface area (Å²) in [5.41, 5.74) is 4.17. The Labute approximate surface area is 122 Å². The van der Waals surface area contributed by atoms with Gasteiger partial charge in [-0.3, -0.25) is 0 Å². The Hall–Kier alpha value is -0.200. The van der Waals surface area contributed by atoms with E-state index >= 15 is 0 Å². The van der Waals surface area contributed by atoms with Crippen molar-refractivity contribution in [2.75, 3.05) is 11.8 Å². The van der Waals surface area contributed by atoms with E-state index in [1.165, 1.54) is 16.7 Å². The second-order valence-corrected chi connectivity index (χ2v) is 6.87. The largest absolute Gasteiger partial charge is 0.126 e. The summed E-state index contributed by atoms with van der Waals surface area (Å²) in [7, 11) is 0. The second kappa shape index (κ2) is 6.30. The first-order chi connectivity index (χ1) is 8.29. The van der Waals surface area contributed by atoms with E-state index in [-0.39, 0.29) is 5.41 Å². The standard InChI is InChI=1S/C16H24Cl2/c1-11(9-17)13-6-14(12(2)10-18)8-15(7-13)16(3,4)5/h6-8,11-12H,9-10H2,1-5H3. The van der Waals surface area contributed by atoms with Crippen molar-refractivity contribution in [2.45, 2.75) is 51.9 Å². The number of alkyl halides is 2. The van der Waals surface area contributed by atoms with Crippen molar-refractivity contribution in [2.24, 2.45) is 0 Å². The van der Waals surface area contributed by atoms with Gasteiger partial charge in [0.25, 0.3) is 0 Å². The average molecular weight is 287 g/mol. The molecule has 2 heteroatoms. The lowest BCUT2D eigenvalue weighted by Gasteiger charge is -2.24. The minimum absolute atomic E-state index is 0.156. The zero-order valence-electron chi connectivity index (χ0n) is 12.1. The predicted octanol–water partition coefficient (Wildman–Crippen LogP) is 5.67. The zero-order chi connectivity index (χ0) is 13.9. The molecule has 1 aromatic rings. The quantitative estimate of drug-likeness (QED) is 0.626. The molecule has 0 saturated carbocycles. The molecule has 0 fully saturated rings. The highest BCUT2D eigenvalue weighted by atomic mass is 35.5. The Morgan fingerprint density at radius 1 is 0.889 bits per heavy atom. The van der Waals surface area contributed by atoms with Crippen LogP contribution in [0.3, 0.4) is 0 Å². The lowest BCUT2D eigenvalue weighted by atomic mass is 9.82. The maximum absolute atomic E-state index is 5.99. The topological polar surface area (TPSA) is 0 Å². The molecule has 0 aliphatic rings. The SMILES string of the molecule is CC(CCl)c1cc(C(C)CCl)cc(C(C)(C)C)c1. The number of hydrogen-bond donors (Lipinski definition) is 0. The van der Waals surface area contributed by atoms with Crippen molar-refractivity contribution in [1.29, 1.82) is 0 Å². The van der Waals surface area contributed by atoms with Crippen LogP contribution >= 0.6 is 23.2 Å². The van der Waals surface area contributed by atoms with Crippen LogP contribution in [0.25, 0.3) is 0 Å². The van der Waals surface area contributed by atoms with E-state index in [4.69, 9.17) is 23.2 Å². The Morgan fingerprint density at radius 3 is 1.56 bits per heavy atom. The fourth-order valence-electron chi connectivity index (χ4n) is 1.86. The third-order valence-electron chi connectivity index (χ3n) is 3.44. The average Bonchev–Trinajstić information content (AvgIpc) is 2.35. The highest BCUT2D eigenvalue weighted by Crippen LogP contribution is 2.31. The number of halogens is 2. The maximum atomic E-state index is 5.99. The molecule has 0 amide bonds. The van der Waals surface area contributed by atoms with Crippen LogP contribution in [-0.2, 0) is 5.41 Å². The Balaban J connectivity index is 3.29. The van der Waals surface area contributed by atoms with Crippen LogP contribution in [0.15, 0.2) is 18.2 Å². The van der Waals surface area contributed by atoms with Gasteiger partial charge in [0.1, 0.15) is 0 Å². The summed E-state index contributed by atoms with van der Waals surface area (Å²) < 4.78 is 0. The number of hydrogen-bond acceptors (Lipinski definition) is 0. The molecule has 0 aliphatic heterocycles. The summed E-state index contributed by atoms with van der Waals surface area (Å²) in [6.07, 6.45) is 0. The van der Waals surface area contributed by atoms with Crippen molar-refractivity contribution in [1.82, 2.24) is 0 Å². The van der Waals surface area contributed by atoms with E-state index < -0.39 is 0 Å². The van der Waals surface area contributed by atoms with Crippen molar-refractivity contribution in [3.63, 3.8) is 0 Å². The molecule has 0 nitrogen and oxygen atoms in total. The molecule has 102 valence electrons. The van der Waals surface area contributed by atoms with E-state index in [0.29, 0.717) is 23.6 Å². The second-order valence-electron chi connectivity index (χ2n) is 6.25. The summed E-state index contributed by atoms with van der Waals surface area (Å²) in [5, 5.41) is 0. The fourth-order valence-corrected chi connectivity index (χ4v) is 2.21. The lowest BCUT2D eigenvalue weighted by molar-refractivity contribution is 0.586. The summed E-state index contributed by atoms with van der Waals surface area (Å²) in [5.74, 6) is 2.08. The fraction of sp³-hybridized carbons (Fsp3) is 0.625. The van der Waals surface area contributed by atoms with Crippen LogP contribution in [0.1, 0.15) is 63.1 Å². The molecule has 0 radical (unpaired) electrons. The van der Waals surface area contributed by atoms with Crippen LogP contribution < -0.4 is 0 Å². The maximum Gasteiger partial charge on any atom is 0.0289 e. The minimum Gasteiger partial charge on any atom is -0.126 e. The van der Waals surface area contributed by atoms with E-state index in [0.717, 1.165) is 0 Å². The van der Waals surface area contributed by atoms with E-state index in [9.17, 15) is 0 Å². The highest BCUT2D eigenvalue weighted by Gasteiger charge is 2.18. The van der Waals surface area contributed by atoms with E-state index in [1.807, 2.05) is 0 Å². The van der Waals surface area contributed by atoms with Crippen molar-refractivity contribution in [3.05, 3.63) is 34.9 Å². The first-order valence-electron chi connectivity index (χ1n) is 6.57. The van der Waals surface area contributed by atoms with Gasteiger partial charge >= 0.3 is 0 Å². The van der Waals surface area contributed by atoms with Gasteiger partial charge in [0, 0.05) is 11.8 Å². The first kappa shape index (κ1) is 15.9. The van der Waals surface area contributed by atoms with Gasteiger partial charge in [-0.15, -0.1) is 23.2 Å². The van der Waals surface area contributed by atoms with Gasteiger partial charge in [-0.25, -0.2) is 0 Å². The van der Waals surface area contributed by atoms with Crippen LogP contribution in [0, 0.1) is 0 Å². The summed E-state index contributed by atoms with van der Waals surface area (Å²) >= 11 is 12.0. The number of benzene rings is 1. The molecule has 0 spiro atoms. The zero-order valence-corrected chi connectivity index (χ0v) is 13.6. The molecular weight excluding hydrogens is 263 g/mol. The van der Waals surface area contributed by atoms with Crippen LogP contribution in [0.5, 0.6) is 0 Å². The molecule has 2 unspecified atom stereocenters. The molecule has 1 rings (SSSR count). The number of rotatable bonds is 4. The molecule has 2 atom stereocenters. The molecular formula is C16H24Cl2. The third kappa shape index (κ3) is 3.90. The van der Waals surface area contributed by atoms with Gasteiger partial charge in [-0.05, 0) is 33.9 Å². The lowest BCUT2D eigenvalue weighted by Crippen LogP contribution is -2.13. The van der Waals surface area contributed by atoms with Gasteiger partial charge in [-0.1, -0.05) is 52.8 Å². The Bertz CT molecular complexity index is 362. The molecule has 18 heavy (non-hydrogen) atoms. The molecule has 0 saturated heterocycles. The molecule has 0 bridgehead atoms. The van der Waals surface area contributed by atoms with Crippen molar-refractivity contribution in [3.8, 4) is 0 Å². The smallest absolute Gasteiger partial charge is 0.0289 e. The van der Waals surface area contributed by atoms with Gasteiger partial charge in [-0.2, -0.15) is 0 Å². The third-order valence-corrected chi connectivity index (χ3v) is 4.37. The van der Waals surface area contributed by atoms with Gasteiger partial charge < -0.3 is 0 Å². The van der Waals surface area contributed by atoms with Crippen LogP contribution in [0.2, 0.25) is 0 Å². The van der Waals surface area contributed by atoms with Gasteiger partial charge in [0.05, 0.1) is 0 Å². The normalized spacial score (nSPS) is 15.5. The Kier molecular flexibility index (Phi) is 5.55. The summed E-state index contributed by atoms with van der Waals surface area (Å²) in [4.78, 5) is 0.